The average Bonchev–Trinajstić information content (AvgIpc) is 3.47. The Bertz CT molecular complexity index is 1600. The highest BCUT2D eigenvalue weighted by molar-refractivity contribution is 6.32. The molecule has 4 heterocycles. The summed E-state index contributed by atoms with van der Waals surface area (Å²) in [7, 11) is 0. The summed E-state index contributed by atoms with van der Waals surface area (Å²) in [6.45, 7) is 6.43. The maximum Gasteiger partial charge on any atom is 0.342 e. The van der Waals surface area contributed by atoms with Crippen molar-refractivity contribution >= 4 is 17.6 Å². The van der Waals surface area contributed by atoms with Crippen molar-refractivity contribution in [1.29, 1.82) is 0 Å². The number of ether oxygens (including phenoxy) is 3. The van der Waals surface area contributed by atoms with Crippen LogP contribution in [0.2, 0.25) is 5.02 Å². The summed E-state index contributed by atoms with van der Waals surface area (Å²) in [4.78, 5) is 19.1. The van der Waals surface area contributed by atoms with Gasteiger partial charge in [-0.05, 0) is 66.6 Å². The summed E-state index contributed by atoms with van der Waals surface area (Å²) in [5, 5.41) is 14.4. The molecule has 4 aromatic rings. The van der Waals surface area contributed by atoms with E-state index in [-0.39, 0.29) is 11.4 Å². The molecule has 0 amide bonds. The first-order valence-electron chi connectivity index (χ1n) is 14.8. The standard InChI is InChI=1S/C33H35ClN4O5/c1-2-15-42-32-27(33(39)40)19-35-38(32)30-8-4-7-29(36-30)26-5-3-6-28(34)31(26)43-21-22-9-10-24-20-37(14-11-23(24)18-22)25-12-16-41-17-13-25/h3-10,18-19,25H,2,11-17,20-21H2,1H3,(H,39,40). The Morgan fingerprint density at radius 1 is 1.09 bits per heavy atom. The highest BCUT2D eigenvalue weighted by Crippen LogP contribution is 2.37. The van der Waals surface area contributed by atoms with Crippen molar-refractivity contribution in [3.8, 4) is 28.7 Å². The molecular formula is C33H35ClN4O5. The molecule has 6 rings (SSSR count). The largest absolute Gasteiger partial charge is 0.487 e. The van der Waals surface area contributed by atoms with Gasteiger partial charge in [-0.2, -0.15) is 9.78 Å². The number of aromatic carboxylic acids is 1. The lowest BCUT2D eigenvalue weighted by molar-refractivity contribution is 0.0290. The number of carboxylic acid groups (broad SMARTS) is 1. The Hall–Kier alpha value is -3.92. The molecule has 0 atom stereocenters. The monoisotopic (exact) mass is 602 g/mol. The fraction of sp³-hybridized carbons (Fsp3) is 0.364. The van der Waals surface area contributed by atoms with E-state index in [1.165, 1.54) is 22.0 Å². The van der Waals surface area contributed by atoms with E-state index in [0.717, 1.165) is 63.1 Å². The molecule has 2 aliphatic heterocycles. The molecule has 43 heavy (non-hydrogen) atoms. The Morgan fingerprint density at radius 2 is 1.93 bits per heavy atom. The van der Waals surface area contributed by atoms with Crippen molar-refractivity contribution in [3.05, 3.63) is 88.1 Å². The van der Waals surface area contributed by atoms with Gasteiger partial charge in [0.1, 0.15) is 17.9 Å². The number of para-hydroxylation sites is 1. The van der Waals surface area contributed by atoms with Crippen LogP contribution in [-0.4, -0.2) is 63.1 Å². The van der Waals surface area contributed by atoms with Crippen LogP contribution in [0.3, 0.4) is 0 Å². The number of fused-ring (bicyclic) bond motifs is 1. The van der Waals surface area contributed by atoms with E-state index in [0.29, 0.717) is 41.5 Å². The Balaban J connectivity index is 1.22. The SMILES string of the molecule is CCCOc1c(C(=O)O)cnn1-c1cccc(-c2cccc(Cl)c2OCc2ccc3c(c2)CCN(C2CCOCC2)C3)n1. The zero-order valence-corrected chi connectivity index (χ0v) is 24.9. The van der Waals surface area contributed by atoms with Crippen molar-refractivity contribution < 1.29 is 24.1 Å². The van der Waals surface area contributed by atoms with Crippen LogP contribution in [0, 0.1) is 0 Å². The number of halogens is 1. The van der Waals surface area contributed by atoms with Crippen molar-refractivity contribution in [2.45, 2.75) is 51.8 Å². The molecule has 0 radical (unpaired) electrons. The van der Waals surface area contributed by atoms with Crippen LogP contribution in [-0.2, 0) is 24.3 Å². The number of pyridine rings is 1. The minimum Gasteiger partial charge on any atom is -0.487 e. The van der Waals surface area contributed by atoms with Crippen molar-refractivity contribution in [1.82, 2.24) is 19.7 Å². The number of rotatable bonds is 10. The summed E-state index contributed by atoms with van der Waals surface area (Å²) in [6, 6.07) is 18.2. The van der Waals surface area contributed by atoms with Gasteiger partial charge in [-0.3, -0.25) is 4.90 Å². The molecule has 1 N–H and O–H groups in total. The van der Waals surface area contributed by atoms with Gasteiger partial charge in [0.05, 0.1) is 23.5 Å². The molecule has 2 aromatic heterocycles. The third kappa shape index (κ3) is 6.39. The summed E-state index contributed by atoms with van der Waals surface area (Å²) in [6.07, 6.45) is 5.24. The van der Waals surface area contributed by atoms with Gasteiger partial charge < -0.3 is 19.3 Å². The normalized spacial score (nSPS) is 15.7. The van der Waals surface area contributed by atoms with Gasteiger partial charge in [0.2, 0.25) is 5.88 Å². The first-order valence-corrected chi connectivity index (χ1v) is 15.1. The lowest BCUT2D eigenvalue weighted by atomic mass is 9.95. The lowest BCUT2D eigenvalue weighted by Crippen LogP contribution is -2.42. The molecule has 2 aromatic carbocycles. The van der Waals surface area contributed by atoms with Crippen molar-refractivity contribution in [2.75, 3.05) is 26.4 Å². The molecule has 2 aliphatic rings. The fourth-order valence-corrected chi connectivity index (χ4v) is 6.00. The maximum atomic E-state index is 11.8. The molecule has 9 nitrogen and oxygen atoms in total. The summed E-state index contributed by atoms with van der Waals surface area (Å²) >= 11 is 6.66. The molecule has 0 aliphatic carbocycles. The van der Waals surface area contributed by atoms with E-state index in [1.54, 1.807) is 12.1 Å². The summed E-state index contributed by atoms with van der Waals surface area (Å²) < 4.78 is 19.1. The fourth-order valence-electron chi connectivity index (χ4n) is 5.77. The molecule has 10 heteroatoms. The number of hydrogen-bond donors (Lipinski definition) is 1. The quantitative estimate of drug-likeness (QED) is 0.229. The first-order chi connectivity index (χ1) is 21.0. The van der Waals surface area contributed by atoms with Crippen LogP contribution in [0.15, 0.2) is 60.8 Å². The second-order valence-corrected chi connectivity index (χ2v) is 11.3. The van der Waals surface area contributed by atoms with Gasteiger partial charge >= 0.3 is 5.97 Å². The Labute approximate surface area is 256 Å². The van der Waals surface area contributed by atoms with E-state index in [1.807, 2.05) is 31.2 Å². The van der Waals surface area contributed by atoms with Crippen molar-refractivity contribution in [3.63, 3.8) is 0 Å². The van der Waals surface area contributed by atoms with Crippen LogP contribution in [0.25, 0.3) is 17.1 Å². The van der Waals surface area contributed by atoms with Gasteiger partial charge in [0.25, 0.3) is 0 Å². The molecule has 0 spiro atoms. The van der Waals surface area contributed by atoms with Gasteiger partial charge in [0, 0.05) is 37.9 Å². The summed E-state index contributed by atoms with van der Waals surface area (Å²) in [5.41, 5.74) is 5.16. The van der Waals surface area contributed by atoms with Crippen LogP contribution >= 0.6 is 11.6 Å². The molecule has 0 bridgehead atoms. The van der Waals surface area contributed by atoms with E-state index in [4.69, 9.17) is 30.8 Å². The Morgan fingerprint density at radius 3 is 2.74 bits per heavy atom. The van der Waals surface area contributed by atoms with Crippen LogP contribution in [0.1, 0.15) is 53.2 Å². The average molecular weight is 603 g/mol. The maximum absolute atomic E-state index is 11.8. The number of hydrogen-bond acceptors (Lipinski definition) is 7. The topological polar surface area (TPSA) is 98.9 Å². The summed E-state index contributed by atoms with van der Waals surface area (Å²) in [5.74, 6) is -0.0133. The number of benzene rings is 2. The highest BCUT2D eigenvalue weighted by atomic mass is 35.5. The molecule has 224 valence electrons. The highest BCUT2D eigenvalue weighted by Gasteiger charge is 2.26. The van der Waals surface area contributed by atoms with Gasteiger partial charge in [0.15, 0.2) is 5.82 Å². The Kier molecular flexibility index (Phi) is 8.92. The second-order valence-electron chi connectivity index (χ2n) is 10.9. The van der Waals surface area contributed by atoms with Gasteiger partial charge in [-0.1, -0.05) is 48.9 Å². The first kappa shape index (κ1) is 29.2. The molecule has 0 unspecified atom stereocenters. The van der Waals surface area contributed by atoms with E-state index in [9.17, 15) is 9.90 Å². The molecule has 0 saturated carbocycles. The van der Waals surface area contributed by atoms with Crippen LogP contribution in [0.5, 0.6) is 11.6 Å². The van der Waals surface area contributed by atoms with Crippen molar-refractivity contribution in [2.24, 2.45) is 0 Å². The third-order valence-electron chi connectivity index (χ3n) is 8.00. The van der Waals surface area contributed by atoms with E-state index < -0.39 is 5.97 Å². The zero-order chi connectivity index (χ0) is 29.8. The number of nitrogens with zero attached hydrogens (tertiary/aromatic N) is 4. The van der Waals surface area contributed by atoms with Crippen LogP contribution < -0.4 is 9.47 Å². The lowest BCUT2D eigenvalue weighted by Gasteiger charge is -2.37. The molecular weight excluding hydrogens is 568 g/mol. The third-order valence-corrected chi connectivity index (χ3v) is 8.29. The predicted octanol–water partition coefficient (Wildman–Crippen LogP) is 6.19. The zero-order valence-electron chi connectivity index (χ0n) is 24.2. The number of aromatic nitrogens is 3. The minimum absolute atomic E-state index is 0.0197. The van der Waals surface area contributed by atoms with E-state index in [2.05, 4.69) is 28.2 Å². The molecule has 1 saturated heterocycles. The minimum atomic E-state index is -1.11. The second kappa shape index (κ2) is 13.2. The van der Waals surface area contributed by atoms with Crippen LogP contribution in [0.4, 0.5) is 0 Å². The van der Waals surface area contributed by atoms with Gasteiger partial charge in [-0.25, -0.2) is 9.78 Å². The number of carbonyl (C=O) groups is 1. The van der Waals surface area contributed by atoms with E-state index >= 15 is 0 Å². The number of carboxylic acids is 1. The molecule has 1 fully saturated rings. The van der Waals surface area contributed by atoms with Gasteiger partial charge in [-0.15, -0.1) is 0 Å². The smallest absolute Gasteiger partial charge is 0.342 e. The predicted molar refractivity (Wildman–Crippen MR) is 163 cm³/mol.